The molecule has 25 heavy (non-hydrogen) atoms. The molecule has 8 heteroatoms. The fourth-order valence-corrected chi connectivity index (χ4v) is 2.04. The number of amides is 3. The van der Waals surface area contributed by atoms with Gasteiger partial charge in [-0.15, -0.1) is 0 Å². The molecule has 1 aromatic carbocycles. The molecule has 0 aliphatic rings. The maximum Gasteiger partial charge on any atom is 0.254 e. The Bertz CT molecular complexity index is 657. The number of likely N-dealkylation sites (N-methyl/N-ethyl adjacent to an activating group) is 1. The van der Waals surface area contributed by atoms with Crippen LogP contribution in [-0.2, 0) is 9.59 Å². The number of hydrogen-bond acceptors (Lipinski definition) is 3. The van der Waals surface area contributed by atoms with Crippen molar-refractivity contribution in [2.45, 2.75) is 33.2 Å². The largest absolute Gasteiger partial charge is 0.350 e. The second-order valence-electron chi connectivity index (χ2n) is 6.51. The molecule has 0 bridgehead atoms. The summed E-state index contributed by atoms with van der Waals surface area (Å²) in [5.41, 5.74) is -0.781. The zero-order valence-corrected chi connectivity index (χ0v) is 14.8. The van der Waals surface area contributed by atoms with Gasteiger partial charge in [-0.3, -0.25) is 14.4 Å². The van der Waals surface area contributed by atoms with E-state index < -0.39 is 35.5 Å². The molecule has 0 unspecified atom stereocenters. The van der Waals surface area contributed by atoms with Gasteiger partial charge in [-0.1, -0.05) is 0 Å². The number of halogens is 2. The summed E-state index contributed by atoms with van der Waals surface area (Å²) in [6.45, 7) is 6.89. The highest BCUT2D eigenvalue weighted by Crippen LogP contribution is 2.09. The van der Waals surface area contributed by atoms with Gasteiger partial charge in [0.25, 0.3) is 5.91 Å². The van der Waals surface area contributed by atoms with Crippen LogP contribution in [0.25, 0.3) is 0 Å². The molecule has 0 spiro atoms. The molecule has 0 aromatic heterocycles. The van der Waals surface area contributed by atoms with Crippen molar-refractivity contribution in [1.29, 1.82) is 0 Å². The van der Waals surface area contributed by atoms with Crippen molar-refractivity contribution in [2.24, 2.45) is 0 Å². The molecule has 6 nitrogen and oxygen atoms in total. The summed E-state index contributed by atoms with van der Waals surface area (Å²) in [5.74, 6) is -3.45. The number of nitrogens with zero attached hydrogens (tertiary/aromatic N) is 1. The lowest BCUT2D eigenvalue weighted by atomic mass is 10.1. The number of rotatable bonds is 6. The Kier molecular flexibility index (Phi) is 7.02. The van der Waals surface area contributed by atoms with Crippen molar-refractivity contribution in [3.63, 3.8) is 0 Å². The Morgan fingerprint density at radius 3 is 2.32 bits per heavy atom. The van der Waals surface area contributed by atoms with E-state index in [1.165, 1.54) is 4.90 Å². The fraction of sp³-hybridized carbons (Fsp3) is 0.471. The van der Waals surface area contributed by atoms with Crippen molar-refractivity contribution in [1.82, 2.24) is 15.5 Å². The molecular weight excluding hydrogens is 332 g/mol. The van der Waals surface area contributed by atoms with Gasteiger partial charge in [0.05, 0.1) is 18.7 Å². The lowest BCUT2D eigenvalue weighted by Gasteiger charge is -2.25. The normalized spacial score (nSPS) is 11.0. The Hall–Kier alpha value is -2.51. The zero-order chi connectivity index (χ0) is 19.2. The van der Waals surface area contributed by atoms with Gasteiger partial charge in [0.2, 0.25) is 11.8 Å². The zero-order valence-electron chi connectivity index (χ0n) is 14.8. The summed E-state index contributed by atoms with van der Waals surface area (Å²) >= 11 is 0. The Labute approximate surface area is 145 Å². The molecule has 0 aliphatic heterocycles. The van der Waals surface area contributed by atoms with Crippen LogP contribution in [0.3, 0.4) is 0 Å². The quantitative estimate of drug-likeness (QED) is 0.811. The van der Waals surface area contributed by atoms with Crippen LogP contribution in [0.15, 0.2) is 18.2 Å². The molecule has 2 N–H and O–H groups in total. The highest BCUT2D eigenvalue weighted by molar-refractivity contribution is 5.97. The first kappa shape index (κ1) is 20.5. The van der Waals surface area contributed by atoms with E-state index in [1.54, 1.807) is 6.92 Å². The van der Waals surface area contributed by atoms with Crippen LogP contribution in [0, 0.1) is 11.6 Å². The van der Waals surface area contributed by atoms with E-state index >= 15 is 0 Å². The van der Waals surface area contributed by atoms with E-state index in [2.05, 4.69) is 10.6 Å². The maximum atomic E-state index is 13.5. The third kappa shape index (κ3) is 6.86. The summed E-state index contributed by atoms with van der Waals surface area (Å²) in [4.78, 5) is 37.2. The molecule has 1 rings (SSSR count). The number of carbonyl (C=O) groups is 3. The monoisotopic (exact) mass is 355 g/mol. The first-order chi connectivity index (χ1) is 11.5. The van der Waals surface area contributed by atoms with Crippen LogP contribution in [0.4, 0.5) is 8.78 Å². The van der Waals surface area contributed by atoms with Gasteiger partial charge in [0, 0.05) is 18.2 Å². The highest BCUT2D eigenvalue weighted by atomic mass is 19.1. The Morgan fingerprint density at radius 2 is 1.80 bits per heavy atom. The minimum atomic E-state index is -1.01. The van der Waals surface area contributed by atoms with Gasteiger partial charge in [0.15, 0.2) is 0 Å². The Balaban J connectivity index is 2.61. The minimum absolute atomic E-state index is 0.145. The lowest BCUT2D eigenvalue weighted by Crippen LogP contribution is -2.49. The Morgan fingerprint density at radius 1 is 1.16 bits per heavy atom. The topological polar surface area (TPSA) is 78.5 Å². The molecule has 3 amide bonds. The molecule has 138 valence electrons. The van der Waals surface area contributed by atoms with E-state index in [0.29, 0.717) is 6.07 Å². The van der Waals surface area contributed by atoms with Gasteiger partial charge < -0.3 is 15.5 Å². The number of carbonyl (C=O) groups excluding carboxylic acids is 3. The molecule has 0 saturated heterocycles. The van der Waals surface area contributed by atoms with E-state index in [1.807, 2.05) is 20.8 Å². The number of benzene rings is 1. The van der Waals surface area contributed by atoms with E-state index in [9.17, 15) is 23.2 Å². The maximum absolute atomic E-state index is 13.5. The van der Waals surface area contributed by atoms with Crippen LogP contribution in [0.5, 0.6) is 0 Å². The SMILES string of the molecule is CCN(CC(=O)NC(C)(C)C)C(=O)CNC(=O)c1ccc(F)cc1F. The van der Waals surface area contributed by atoms with Crippen LogP contribution < -0.4 is 10.6 Å². The smallest absolute Gasteiger partial charge is 0.254 e. The predicted molar refractivity (Wildman–Crippen MR) is 88.8 cm³/mol. The van der Waals surface area contributed by atoms with Gasteiger partial charge in [-0.2, -0.15) is 0 Å². The summed E-state index contributed by atoms with van der Waals surface area (Å²) in [5, 5.41) is 5.01. The fourth-order valence-electron chi connectivity index (χ4n) is 2.04. The summed E-state index contributed by atoms with van der Waals surface area (Å²) < 4.78 is 26.4. The molecule has 0 fully saturated rings. The summed E-state index contributed by atoms with van der Waals surface area (Å²) in [7, 11) is 0. The van der Waals surface area contributed by atoms with E-state index in [-0.39, 0.29) is 24.6 Å². The molecule has 1 aromatic rings. The van der Waals surface area contributed by atoms with Crippen molar-refractivity contribution < 1.29 is 23.2 Å². The second-order valence-corrected chi connectivity index (χ2v) is 6.51. The lowest BCUT2D eigenvalue weighted by molar-refractivity contribution is -0.135. The highest BCUT2D eigenvalue weighted by Gasteiger charge is 2.20. The van der Waals surface area contributed by atoms with Crippen LogP contribution >= 0.6 is 0 Å². The first-order valence-electron chi connectivity index (χ1n) is 7.85. The molecule has 0 heterocycles. The van der Waals surface area contributed by atoms with Crippen molar-refractivity contribution in [3.05, 3.63) is 35.4 Å². The minimum Gasteiger partial charge on any atom is -0.350 e. The predicted octanol–water partition coefficient (Wildman–Crippen LogP) is 1.46. The molecule has 0 radical (unpaired) electrons. The number of hydrogen-bond donors (Lipinski definition) is 2. The van der Waals surface area contributed by atoms with Crippen molar-refractivity contribution >= 4 is 17.7 Å². The van der Waals surface area contributed by atoms with Crippen LogP contribution in [-0.4, -0.2) is 47.8 Å². The van der Waals surface area contributed by atoms with Crippen molar-refractivity contribution in [2.75, 3.05) is 19.6 Å². The second kappa shape index (κ2) is 8.55. The third-order valence-corrected chi connectivity index (χ3v) is 3.16. The standard InChI is InChI=1S/C17H23F2N3O3/c1-5-22(10-14(23)21-17(2,3)4)15(24)9-20-16(25)12-7-6-11(18)8-13(12)19/h6-8H,5,9-10H2,1-4H3,(H,20,25)(H,21,23). The average molecular weight is 355 g/mol. The molecule has 0 saturated carbocycles. The van der Waals surface area contributed by atoms with E-state index in [0.717, 1.165) is 12.1 Å². The third-order valence-electron chi connectivity index (χ3n) is 3.16. The summed E-state index contributed by atoms with van der Waals surface area (Å²) in [6.07, 6.45) is 0. The van der Waals surface area contributed by atoms with Gasteiger partial charge in [-0.25, -0.2) is 8.78 Å². The molecule has 0 atom stereocenters. The van der Waals surface area contributed by atoms with Gasteiger partial charge in [0.1, 0.15) is 11.6 Å². The van der Waals surface area contributed by atoms with Crippen molar-refractivity contribution in [3.8, 4) is 0 Å². The average Bonchev–Trinajstić information content (AvgIpc) is 2.48. The van der Waals surface area contributed by atoms with Crippen LogP contribution in [0.2, 0.25) is 0 Å². The first-order valence-corrected chi connectivity index (χ1v) is 7.85. The molecule has 0 aliphatic carbocycles. The van der Waals surface area contributed by atoms with Gasteiger partial charge >= 0.3 is 0 Å². The van der Waals surface area contributed by atoms with Crippen LogP contribution in [0.1, 0.15) is 38.1 Å². The molecular formula is C17H23F2N3O3. The summed E-state index contributed by atoms with van der Waals surface area (Å²) in [6, 6.07) is 2.54. The number of nitrogens with one attached hydrogen (secondary N) is 2. The van der Waals surface area contributed by atoms with Gasteiger partial charge in [-0.05, 0) is 39.8 Å². The van der Waals surface area contributed by atoms with E-state index in [4.69, 9.17) is 0 Å².